The SMILES string of the molecule is CC(C)(C)OC(=O)N1CC2CCC1C=C2c1ccc(C#N)cn1. The van der Waals surface area contributed by atoms with Crippen LogP contribution in [0.5, 0.6) is 0 Å². The average Bonchev–Trinajstić information content (AvgIpc) is 2.53. The minimum absolute atomic E-state index is 0.0716. The van der Waals surface area contributed by atoms with Crippen LogP contribution >= 0.6 is 0 Å². The molecule has 2 aliphatic heterocycles. The molecule has 2 atom stereocenters. The number of nitrogens with zero attached hydrogens (tertiary/aromatic N) is 3. The van der Waals surface area contributed by atoms with E-state index in [0.717, 1.165) is 18.5 Å². The molecule has 1 aliphatic carbocycles. The second kappa shape index (κ2) is 5.69. The number of ether oxygens (including phenoxy) is 1. The van der Waals surface area contributed by atoms with Crippen LogP contribution in [0.4, 0.5) is 4.79 Å². The van der Waals surface area contributed by atoms with Crippen molar-refractivity contribution in [3.8, 4) is 6.07 Å². The molecule has 0 spiro atoms. The molecule has 0 radical (unpaired) electrons. The second-order valence-electron chi connectivity index (χ2n) is 7.14. The van der Waals surface area contributed by atoms with E-state index >= 15 is 0 Å². The quantitative estimate of drug-likeness (QED) is 0.797. The number of hydrogen-bond donors (Lipinski definition) is 0. The van der Waals surface area contributed by atoms with E-state index in [0.29, 0.717) is 12.1 Å². The van der Waals surface area contributed by atoms with Gasteiger partial charge >= 0.3 is 6.09 Å². The van der Waals surface area contributed by atoms with E-state index in [1.807, 2.05) is 31.7 Å². The van der Waals surface area contributed by atoms with Crippen LogP contribution < -0.4 is 0 Å². The molecule has 1 amide bonds. The van der Waals surface area contributed by atoms with Crippen molar-refractivity contribution in [2.24, 2.45) is 5.92 Å². The summed E-state index contributed by atoms with van der Waals surface area (Å²) >= 11 is 0. The molecule has 5 heteroatoms. The molecule has 1 saturated heterocycles. The van der Waals surface area contributed by atoms with Crippen LogP contribution in [0.25, 0.3) is 5.57 Å². The number of hydrogen-bond acceptors (Lipinski definition) is 4. The van der Waals surface area contributed by atoms with Gasteiger partial charge in [0.1, 0.15) is 11.7 Å². The van der Waals surface area contributed by atoms with E-state index in [9.17, 15) is 4.79 Å². The molecule has 2 unspecified atom stereocenters. The predicted octanol–water partition coefficient (Wildman–Crippen LogP) is 3.37. The van der Waals surface area contributed by atoms with Crippen LogP contribution in [0, 0.1) is 17.2 Å². The summed E-state index contributed by atoms with van der Waals surface area (Å²) in [5.74, 6) is 0.285. The number of carbonyl (C=O) groups excluding carboxylic acids is 1. The molecule has 1 aromatic heterocycles. The first-order valence-electron chi connectivity index (χ1n) is 7.95. The van der Waals surface area contributed by atoms with Gasteiger partial charge in [-0.15, -0.1) is 0 Å². The monoisotopic (exact) mass is 311 g/mol. The lowest BCUT2D eigenvalue weighted by Crippen LogP contribution is -2.51. The van der Waals surface area contributed by atoms with Gasteiger partial charge in [0, 0.05) is 18.7 Å². The smallest absolute Gasteiger partial charge is 0.410 e. The third-order valence-electron chi connectivity index (χ3n) is 4.26. The molecule has 0 aromatic carbocycles. The maximum atomic E-state index is 12.4. The average molecular weight is 311 g/mol. The van der Waals surface area contributed by atoms with Crippen molar-refractivity contribution < 1.29 is 9.53 Å². The fourth-order valence-corrected chi connectivity index (χ4v) is 3.22. The van der Waals surface area contributed by atoms with Crippen molar-refractivity contribution in [1.82, 2.24) is 9.88 Å². The molecule has 0 N–H and O–H groups in total. The number of piperidine rings is 1. The van der Waals surface area contributed by atoms with Crippen LogP contribution in [0.1, 0.15) is 44.9 Å². The van der Waals surface area contributed by atoms with E-state index in [4.69, 9.17) is 10.00 Å². The van der Waals surface area contributed by atoms with Crippen molar-refractivity contribution in [3.05, 3.63) is 35.7 Å². The van der Waals surface area contributed by atoms with Crippen molar-refractivity contribution in [2.45, 2.75) is 45.3 Å². The molecule has 1 aromatic rings. The molecule has 23 heavy (non-hydrogen) atoms. The highest BCUT2D eigenvalue weighted by Crippen LogP contribution is 2.39. The van der Waals surface area contributed by atoms with Gasteiger partial charge in [0.25, 0.3) is 0 Å². The zero-order chi connectivity index (χ0) is 16.6. The molecule has 3 heterocycles. The van der Waals surface area contributed by atoms with Crippen LogP contribution in [0.2, 0.25) is 0 Å². The molecule has 4 rings (SSSR count). The van der Waals surface area contributed by atoms with Gasteiger partial charge in [-0.25, -0.2) is 4.79 Å². The summed E-state index contributed by atoms with van der Waals surface area (Å²) in [5.41, 5.74) is 2.17. The molecule has 2 bridgehead atoms. The Morgan fingerprint density at radius 3 is 2.70 bits per heavy atom. The fraction of sp³-hybridized carbons (Fsp3) is 0.500. The molecular weight excluding hydrogens is 290 g/mol. The summed E-state index contributed by atoms with van der Waals surface area (Å²) in [6.45, 7) is 6.33. The summed E-state index contributed by atoms with van der Waals surface area (Å²) in [5, 5.41) is 8.87. The lowest BCUT2D eigenvalue weighted by molar-refractivity contribution is 0.00979. The van der Waals surface area contributed by atoms with E-state index < -0.39 is 5.60 Å². The third-order valence-corrected chi connectivity index (χ3v) is 4.26. The Labute approximate surface area is 136 Å². The molecule has 3 aliphatic rings. The molecule has 0 saturated carbocycles. The van der Waals surface area contributed by atoms with Crippen molar-refractivity contribution >= 4 is 11.7 Å². The number of rotatable bonds is 1. The van der Waals surface area contributed by atoms with Crippen molar-refractivity contribution in [2.75, 3.05) is 6.54 Å². The third kappa shape index (κ3) is 3.21. The molecular formula is C18H21N3O2. The Hall–Kier alpha value is -2.35. The van der Waals surface area contributed by atoms with Gasteiger partial charge in [0.15, 0.2) is 0 Å². The minimum atomic E-state index is -0.477. The highest BCUT2D eigenvalue weighted by atomic mass is 16.6. The van der Waals surface area contributed by atoms with Crippen LogP contribution in [0.3, 0.4) is 0 Å². The number of nitriles is 1. The summed E-state index contributed by atoms with van der Waals surface area (Å²) < 4.78 is 5.51. The summed E-state index contributed by atoms with van der Waals surface area (Å²) in [6.07, 6.45) is 5.51. The van der Waals surface area contributed by atoms with Crippen molar-refractivity contribution in [3.63, 3.8) is 0 Å². The van der Waals surface area contributed by atoms with Gasteiger partial charge in [0.2, 0.25) is 0 Å². The zero-order valence-corrected chi connectivity index (χ0v) is 13.7. The fourth-order valence-electron chi connectivity index (χ4n) is 3.22. The molecule has 5 nitrogen and oxygen atoms in total. The zero-order valence-electron chi connectivity index (χ0n) is 13.7. The Kier molecular flexibility index (Phi) is 3.85. The van der Waals surface area contributed by atoms with E-state index in [2.05, 4.69) is 17.1 Å². The highest BCUT2D eigenvalue weighted by Gasteiger charge is 2.39. The topological polar surface area (TPSA) is 66.2 Å². The van der Waals surface area contributed by atoms with Gasteiger partial charge in [-0.1, -0.05) is 6.08 Å². The normalized spacial score (nSPS) is 23.2. The van der Waals surface area contributed by atoms with E-state index in [1.54, 1.807) is 12.3 Å². The maximum absolute atomic E-state index is 12.4. The lowest BCUT2D eigenvalue weighted by Gasteiger charge is -2.44. The Morgan fingerprint density at radius 2 is 2.17 bits per heavy atom. The predicted molar refractivity (Wildman–Crippen MR) is 86.4 cm³/mol. The van der Waals surface area contributed by atoms with Gasteiger partial charge < -0.3 is 9.64 Å². The van der Waals surface area contributed by atoms with Gasteiger partial charge in [-0.2, -0.15) is 5.26 Å². The van der Waals surface area contributed by atoms with Crippen LogP contribution in [0.15, 0.2) is 24.4 Å². The summed E-state index contributed by atoms with van der Waals surface area (Å²) in [7, 11) is 0. The minimum Gasteiger partial charge on any atom is -0.444 e. The Balaban J connectivity index is 1.80. The molecule has 1 fully saturated rings. The second-order valence-corrected chi connectivity index (χ2v) is 7.14. The number of aromatic nitrogens is 1. The number of amides is 1. The van der Waals surface area contributed by atoms with Gasteiger partial charge in [-0.05, 0) is 51.3 Å². The maximum Gasteiger partial charge on any atom is 0.410 e. The first-order valence-corrected chi connectivity index (χ1v) is 7.95. The first kappa shape index (κ1) is 15.5. The van der Waals surface area contributed by atoms with E-state index in [1.165, 1.54) is 5.57 Å². The van der Waals surface area contributed by atoms with Crippen molar-refractivity contribution in [1.29, 1.82) is 5.26 Å². The largest absolute Gasteiger partial charge is 0.444 e. The molecule has 120 valence electrons. The lowest BCUT2D eigenvalue weighted by atomic mass is 9.78. The Morgan fingerprint density at radius 1 is 1.39 bits per heavy atom. The number of carbonyl (C=O) groups is 1. The summed E-state index contributed by atoms with van der Waals surface area (Å²) in [6, 6.07) is 5.84. The van der Waals surface area contributed by atoms with Crippen LogP contribution in [-0.2, 0) is 4.74 Å². The van der Waals surface area contributed by atoms with E-state index in [-0.39, 0.29) is 18.1 Å². The highest BCUT2D eigenvalue weighted by molar-refractivity contribution is 5.74. The standard InChI is InChI=1S/C18H21N3O2/c1-18(2,3)23-17(22)21-11-13-5-6-14(21)8-15(13)16-7-4-12(9-19)10-20-16/h4,7-8,10,13-14H,5-6,11H2,1-3H3. The summed E-state index contributed by atoms with van der Waals surface area (Å²) in [4.78, 5) is 18.6. The van der Waals surface area contributed by atoms with Crippen LogP contribution in [-0.4, -0.2) is 34.2 Å². The van der Waals surface area contributed by atoms with Gasteiger partial charge in [0.05, 0.1) is 17.3 Å². The van der Waals surface area contributed by atoms with Gasteiger partial charge in [-0.3, -0.25) is 4.98 Å². The number of pyridine rings is 1. The Bertz CT molecular complexity index is 680. The number of fused-ring (bicyclic) bond motifs is 2. The first-order chi connectivity index (χ1) is 10.9.